The van der Waals surface area contributed by atoms with E-state index in [2.05, 4.69) is 10.3 Å². The summed E-state index contributed by atoms with van der Waals surface area (Å²) in [6.45, 7) is 2.93. The van der Waals surface area contributed by atoms with Crippen LogP contribution in [0.25, 0.3) is 10.9 Å². The first-order valence-electron chi connectivity index (χ1n) is 6.99. The summed E-state index contributed by atoms with van der Waals surface area (Å²) >= 11 is 0. The Kier molecular flexibility index (Phi) is 5.51. The molecule has 1 N–H and O–H groups in total. The summed E-state index contributed by atoms with van der Waals surface area (Å²) in [7, 11) is 1.64. The zero-order valence-electron chi connectivity index (χ0n) is 12.3. The highest BCUT2D eigenvalue weighted by Crippen LogP contribution is 2.18. The van der Waals surface area contributed by atoms with Crippen LogP contribution in [-0.4, -0.2) is 37.3 Å². The molecule has 5 nitrogen and oxygen atoms in total. The van der Waals surface area contributed by atoms with Crippen LogP contribution in [0.4, 0.5) is 0 Å². The van der Waals surface area contributed by atoms with E-state index in [4.69, 9.17) is 9.47 Å². The van der Waals surface area contributed by atoms with Crippen molar-refractivity contribution in [2.75, 3.05) is 20.3 Å². The van der Waals surface area contributed by atoms with Crippen LogP contribution in [0.3, 0.4) is 0 Å². The monoisotopic (exact) mass is 288 g/mol. The fraction of sp³-hybridized carbons (Fsp3) is 0.375. The molecule has 0 aliphatic rings. The summed E-state index contributed by atoms with van der Waals surface area (Å²) in [5.41, 5.74) is 0.904. The number of nitrogens with zero attached hydrogens (tertiary/aromatic N) is 1. The highest BCUT2D eigenvalue weighted by atomic mass is 16.5. The third-order valence-corrected chi connectivity index (χ3v) is 3.07. The van der Waals surface area contributed by atoms with Crippen molar-refractivity contribution < 1.29 is 14.3 Å². The van der Waals surface area contributed by atoms with E-state index in [0.29, 0.717) is 18.9 Å². The maximum absolute atomic E-state index is 11.9. The molecule has 1 unspecified atom stereocenters. The lowest BCUT2D eigenvalue weighted by Gasteiger charge is -2.14. The van der Waals surface area contributed by atoms with E-state index in [9.17, 15) is 4.79 Å². The fourth-order valence-corrected chi connectivity index (χ4v) is 1.94. The number of para-hydroxylation sites is 1. The molecule has 1 amide bonds. The third kappa shape index (κ3) is 4.43. The van der Waals surface area contributed by atoms with Crippen molar-refractivity contribution in [1.82, 2.24) is 10.3 Å². The predicted octanol–water partition coefficient (Wildman–Crippen LogP) is 2.15. The lowest BCUT2D eigenvalue weighted by Crippen LogP contribution is -2.37. The van der Waals surface area contributed by atoms with Gasteiger partial charge in [-0.3, -0.25) is 9.78 Å². The normalized spacial score (nSPS) is 12.1. The first-order valence-corrected chi connectivity index (χ1v) is 6.99. The van der Waals surface area contributed by atoms with Crippen molar-refractivity contribution in [2.24, 2.45) is 0 Å². The number of aromatic nitrogens is 1. The standard InChI is InChI=1S/C16H20N2O3/c1-12(16(19)17-8-5-9-20-2)21-14-10-13-6-3-4-7-15(13)18-11-14/h3-4,6-7,10-12H,5,8-9H2,1-2H3,(H,17,19). The molecule has 112 valence electrons. The number of pyridine rings is 1. The topological polar surface area (TPSA) is 60.5 Å². The number of nitrogens with one attached hydrogen (secondary N) is 1. The Morgan fingerprint density at radius 2 is 2.19 bits per heavy atom. The maximum Gasteiger partial charge on any atom is 0.260 e. The average Bonchev–Trinajstić information content (AvgIpc) is 2.51. The second-order valence-electron chi connectivity index (χ2n) is 4.76. The van der Waals surface area contributed by atoms with Gasteiger partial charge in [-0.05, 0) is 25.5 Å². The number of ether oxygens (including phenoxy) is 2. The van der Waals surface area contributed by atoms with Gasteiger partial charge in [0.2, 0.25) is 0 Å². The number of fused-ring (bicyclic) bond motifs is 1. The summed E-state index contributed by atoms with van der Waals surface area (Å²) in [6.07, 6.45) is 1.86. The molecule has 21 heavy (non-hydrogen) atoms. The summed E-state index contributed by atoms with van der Waals surface area (Å²) in [4.78, 5) is 16.2. The average molecular weight is 288 g/mol. The Bertz CT molecular complexity index is 601. The van der Waals surface area contributed by atoms with Crippen LogP contribution in [0.2, 0.25) is 0 Å². The number of benzene rings is 1. The minimum atomic E-state index is -0.560. The molecule has 5 heteroatoms. The molecular weight excluding hydrogens is 268 g/mol. The lowest BCUT2D eigenvalue weighted by molar-refractivity contribution is -0.127. The van der Waals surface area contributed by atoms with Gasteiger partial charge in [-0.25, -0.2) is 0 Å². The van der Waals surface area contributed by atoms with Gasteiger partial charge in [0, 0.05) is 25.6 Å². The van der Waals surface area contributed by atoms with Gasteiger partial charge in [-0.1, -0.05) is 18.2 Å². The van der Waals surface area contributed by atoms with Crippen LogP contribution in [0.5, 0.6) is 5.75 Å². The highest BCUT2D eigenvalue weighted by molar-refractivity contribution is 5.81. The maximum atomic E-state index is 11.9. The molecule has 2 aromatic rings. The van der Waals surface area contributed by atoms with Crippen molar-refractivity contribution in [3.05, 3.63) is 36.5 Å². The van der Waals surface area contributed by atoms with Gasteiger partial charge >= 0.3 is 0 Å². The number of hydrogen-bond acceptors (Lipinski definition) is 4. The Hall–Kier alpha value is -2.14. The van der Waals surface area contributed by atoms with Crippen LogP contribution < -0.4 is 10.1 Å². The van der Waals surface area contributed by atoms with Crippen molar-refractivity contribution in [2.45, 2.75) is 19.4 Å². The highest BCUT2D eigenvalue weighted by Gasteiger charge is 2.14. The minimum absolute atomic E-state index is 0.140. The Labute approximate surface area is 124 Å². The van der Waals surface area contributed by atoms with Gasteiger partial charge < -0.3 is 14.8 Å². The van der Waals surface area contributed by atoms with E-state index < -0.39 is 6.10 Å². The van der Waals surface area contributed by atoms with Crippen LogP contribution in [0.15, 0.2) is 36.5 Å². The van der Waals surface area contributed by atoms with Gasteiger partial charge in [0.1, 0.15) is 5.75 Å². The molecule has 2 rings (SSSR count). The van der Waals surface area contributed by atoms with Gasteiger partial charge in [0.05, 0.1) is 11.7 Å². The van der Waals surface area contributed by atoms with Crippen molar-refractivity contribution in [1.29, 1.82) is 0 Å². The largest absolute Gasteiger partial charge is 0.479 e. The summed E-state index contributed by atoms with van der Waals surface area (Å²) < 4.78 is 10.6. The lowest BCUT2D eigenvalue weighted by atomic mass is 10.2. The van der Waals surface area contributed by atoms with E-state index in [0.717, 1.165) is 17.3 Å². The summed E-state index contributed by atoms with van der Waals surface area (Å²) in [5, 5.41) is 3.80. The Balaban J connectivity index is 1.91. The predicted molar refractivity (Wildman–Crippen MR) is 81.3 cm³/mol. The quantitative estimate of drug-likeness (QED) is 0.793. The molecule has 0 saturated heterocycles. The molecule has 0 aliphatic carbocycles. The van der Waals surface area contributed by atoms with Crippen LogP contribution in [0, 0.1) is 0 Å². The molecule has 0 radical (unpaired) electrons. The van der Waals surface area contributed by atoms with E-state index in [-0.39, 0.29) is 5.91 Å². The van der Waals surface area contributed by atoms with Crippen LogP contribution in [0.1, 0.15) is 13.3 Å². The van der Waals surface area contributed by atoms with Gasteiger partial charge in [0.15, 0.2) is 6.10 Å². The van der Waals surface area contributed by atoms with E-state index in [1.54, 1.807) is 20.2 Å². The summed E-state index contributed by atoms with van der Waals surface area (Å²) in [5.74, 6) is 0.451. The number of carbonyl (C=O) groups excluding carboxylic acids is 1. The zero-order valence-corrected chi connectivity index (χ0v) is 12.3. The number of hydrogen-bond donors (Lipinski definition) is 1. The molecule has 0 aliphatic heterocycles. The molecule has 0 saturated carbocycles. The van der Waals surface area contributed by atoms with Crippen LogP contribution >= 0.6 is 0 Å². The van der Waals surface area contributed by atoms with Gasteiger partial charge in [-0.2, -0.15) is 0 Å². The molecule has 0 fully saturated rings. The molecule has 0 spiro atoms. The molecule has 1 heterocycles. The third-order valence-electron chi connectivity index (χ3n) is 3.07. The molecule has 0 bridgehead atoms. The second kappa shape index (κ2) is 7.59. The number of rotatable bonds is 7. The van der Waals surface area contributed by atoms with Crippen molar-refractivity contribution >= 4 is 16.8 Å². The smallest absolute Gasteiger partial charge is 0.260 e. The zero-order chi connectivity index (χ0) is 15.1. The number of amides is 1. The minimum Gasteiger partial charge on any atom is -0.479 e. The van der Waals surface area contributed by atoms with Gasteiger partial charge in [-0.15, -0.1) is 0 Å². The Morgan fingerprint density at radius 1 is 1.38 bits per heavy atom. The number of carbonyl (C=O) groups is 1. The second-order valence-corrected chi connectivity index (χ2v) is 4.76. The number of methoxy groups -OCH3 is 1. The SMILES string of the molecule is COCCCNC(=O)C(C)Oc1cnc2ccccc2c1. The molecule has 1 aromatic carbocycles. The first-order chi connectivity index (χ1) is 10.2. The molecule has 1 aromatic heterocycles. The fourth-order valence-electron chi connectivity index (χ4n) is 1.94. The van der Waals surface area contributed by atoms with E-state index in [1.165, 1.54) is 0 Å². The van der Waals surface area contributed by atoms with Gasteiger partial charge in [0.25, 0.3) is 5.91 Å². The first kappa shape index (κ1) is 15.3. The van der Waals surface area contributed by atoms with Crippen molar-refractivity contribution in [3.8, 4) is 5.75 Å². The Morgan fingerprint density at radius 3 is 3.00 bits per heavy atom. The van der Waals surface area contributed by atoms with Crippen molar-refractivity contribution in [3.63, 3.8) is 0 Å². The van der Waals surface area contributed by atoms with E-state index in [1.807, 2.05) is 30.3 Å². The van der Waals surface area contributed by atoms with Crippen LogP contribution in [-0.2, 0) is 9.53 Å². The summed E-state index contributed by atoms with van der Waals surface area (Å²) in [6, 6.07) is 9.67. The van der Waals surface area contributed by atoms with E-state index >= 15 is 0 Å². The molecular formula is C16H20N2O3. The molecule has 1 atom stereocenters.